The van der Waals surface area contributed by atoms with Crippen LogP contribution >= 0.6 is 0 Å². The molecule has 10 heteroatoms. The summed E-state index contributed by atoms with van der Waals surface area (Å²) in [6, 6.07) is 14.1. The number of nitrogens with one attached hydrogen (secondary N) is 1. The number of benzene rings is 2. The molecule has 3 aromatic heterocycles. The van der Waals surface area contributed by atoms with Gasteiger partial charge in [-0.05, 0) is 94.7 Å². The van der Waals surface area contributed by atoms with Gasteiger partial charge in [0.2, 0.25) is 5.62 Å². The van der Waals surface area contributed by atoms with Gasteiger partial charge in [0, 0.05) is 11.8 Å². The van der Waals surface area contributed by atoms with E-state index in [0.29, 0.717) is 28.4 Å². The lowest BCUT2D eigenvalue weighted by Crippen LogP contribution is -2.32. The van der Waals surface area contributed by atoms with Crippen LogP contribution in [0.3, 0.4) is 0 Å². The van der Waals surface area contributed by atoms with Gasteiger partial charge in [-0.3, -0.25) is 9.36 Å². The van der Waals surface area contributed by atoms with E-state index >= 15 is 0 Å². The van der Waals surface area contributed by atoms with Crippen molar-refractivity contribution in [3.05, 3.63) is 83.6 Å². The first kappa shape index (κ1) is 26.1. The van der Waals surface area contributed by atoms with Gasteiger partial charge in [0.05, 0.1) is 28.7 Å². The van der Waals surface area contributed by atoms with E-state index in [1.165, 1.54) is 28.7 Å². The van der Waals surface area contributed by atoms with Crippen LogP contribution in [0.25, 0.3) is 27.9 Å². The molecule has 1 fully saturated rings. The molecule has 2 aromatic carbocycles. The lowest BCUT2D eigenvalue weighted by Gasteiger charge is -2.29. The molecule has 1 aliphatic heterocycles. The average molecular weight is 542 g/mol. The van der Waals surface area contributed by atoms with Crippen LogP contribution in [-0.2, 0) is 6.54 Å². The molecule has 40 heavy (non-hydrogen) atoms. The number of hydrogen-bond donors (Lipinski definition) is 2. The fourth-order valence-electron chi connectivity index (χ4n) is 5.46. The predicted molar refractivity (Wildman–Crippen MR) is 151 cm³/mol. The summed E-state index contributed by atoms with van der Waals surface area (Å²) >= 11 is 0. The summed E-state index contributed by atoms with van der Waals surface area (Å²) in [6.07, 6.45) is 5.18. The zero-order valence-corrected chi connectivity index (χ0v) is 22.8. The minimum absolute atomic E-state index is 0.245. The average Bonchev–Trinajstić information content (AvgIpc) is 3.50. The van der Waals surface area contributed by atoms with Crippen LogP contribution in [0.5, 0.6) is 0 Å². The number of hydrogen-bond acceptors (Lipinski definition) is 5. The molecule has 0 unspecified atom stereocenters. The number of H-pyrrole nitrogens is 1. The third kappa shape index (κ3) is 5.07. The van der Waals surface area contributed by atoms with Gasteiger partial charge in [-0.25, -0.2) is 14.4 Å². The lowest BCUT2D eigenvalue weighted by molar-refractivity contribution is 0.0612. The summed E-state index contributed by atoms with van der Waals surface area (Å²) in [5.74, 6) is -0.0749. The number of carbonyl (C=O) groups excluding carboxylic acids is 1. The summed E-state index contributed by atoms with van der Waals surface area (Å²) in [7, 11) is 2.15. The van der Waals surface area contributed by atoms with Gasteiger partial charge in [-0.2, -0.15) is 4.99 Å². The number of rotatable bonds is 5. The molecule has 206 valence electrons. The SMILES string of the molecule is CN1CCC(c2ccc3c(c2)[nH]/c(=N\C(=O)c2ccnc(-n4cnc5cccc(F)c54)c2)n3CC(C)(C)O)CC1. The van der Waals surface area contributed by atoms with E-state index in [1.807, 2.05) is 10.6 Å². The molecule has 0 atom stereocenters. The summed E-state index contributed by atoms with van der Waals surface area (Å²) in [5, 5.41) is 10.6. The van der Waals surface area contributed by atoms with E-state index < -0.39 is 17.3 Å². The highest BCUT2D eigenvalue weighted by Gasteiger charge is 2.21. The molecule has 1 amide bonds. The molecule has 0 aliphatic carbocycles. The number of likely N-dealkylation sites (tertiary alicyclic amines) is 1. The molecule has 0 saturated carbocycles. The smallest absolute Gasteiger partial charge is 0.280 e. The molecule has 6 rings (SSSR count). The maximum Gasteiger partial charge on any atom is 0.280 e. The maximum absolute atomic E-state index is 14.6. The van der Waals surface area contributed by atoms with Crippen molar-refractivity contribution >= 4 is 28.0 Å². The van der Waals surface area contributed by atoms with Gasteiger partial charge in [0.1, 0.15) is 23.5 Å². The number of amides is 1. The van der Waals surface area contributed by atoms with Gasteiger partial charge in [-0.1, -0.05) is 12.1 Å². The molecular weight excluding hydrogens is 509 g/mol. The number of aromatic nitrogens is 5. The Morgan fingerprint density at radius 3 is 2.73 bits per heavy atom. The van der Waals surface area contributed by atoms with Crippen molar-refractivity contribution in [3.63, 3.8) is 0 Å². The van der Waals surface area contributed by atoms with Gasteiger partial charge < -0.3 is 19.6 Å². The number of carbonyl (C=O) groups is 1. The Kier molecular flexibility index (Phi) is 6.59. The number of aliphatic hydroxyl groups is 1. The molecule has 1 aliphatic rings. The van der Waals surface area contributed by atoms with Crippen molar-refractivity contribution in [3.8, 4) is 5.82 Å². The van der Waals surface area contributed by atoms with Crippen molar-refractivity contribution in [2.75, 3.05) is 20.1 Å². The van der Waals surface area contributed by atoms with Crippen molar-refractivity contribution in [2.45, 2.75) is 44.8 Å². The molecule has 9 nitrogen and oxygen atoms in total. The second-order valence-corrected chi connectivity index (χ2v) is 11.2. The number of nitrogens with zero attached hydrogens (tertiary/aromatic N) is 6. The molecule has 4 heterocycles. The van der Waals surface area contributed by atoms with Gasteiger partial charge in [0.25, 0.3) is 5.91 Å². The van der Waals surface area contributed by atoms with Crippen molar-refractivity contribution in [1.82, 2.24) is 29.0 Å². The van der Waals surface area contributed by atoms with Crippen LogP contribution in [0.4, 0.5) is 4.39 Å². The van der Waals surface area contributed by atoms with E-state index in [2.05, 4.69) is 44.0 Å². The van der Waals surface area contributed by atoms with Gasteiger partial charge in [0.15, 0.2) is 0 Å². The molecule has 2 N–H and O–H groups in total. The summed E-state index contributed by atoms with van der Waals surface area (Å²) in [4.78, 5) is 32.1. The Morgan fingerprint density at radius 2 is 1.95 bits per heavy atom. The second-order valence-electron chi connectivity index (χ2n) is 11.2. The fourth-order valence-corrected chi connectivity index (χ4v) is 5.46. The van der Waals surface area contributed by atoms with Crippen molar-refractivity contribution in [1.29, 1.82) is 0 Å². The van der Waals surface area contributed by atoms with E-state index in [1.54, 1.807) is 38.1 Å². The normalized spacial score (nSPS) is 15.9. The van der Waals surface area contributed by atoms with Crippen LogP contribution in [0, 0.1) is 5.82 Å². The Hall–Kier alpha value is -4.15. The molecule has 0 spiro atoms. The predicted octanol–water partition coefficient (Wildman–Crippen LogP) is 4.16. The Morgan fingerprint density at radius 1 is 1.15 bits per heavy atom. The Balaban J connectivity index is 1.39. The third-order valence-corrected chi connectivity index (χ3v) is 7.51. The van der Waals surface area contributed by atoms with E-state index in [4.69, 9.17) is 0 Å². The number of aromatic amines is 1. The molecular formula is C30H32FN7O2. The zero-order chi connectivity index (χ0) is 28.0. The van der Waals surface area contributed by atoms with Crippen LogP contribution in [0.15, 0.2) is 66.0 Å². The standard InChI is InChI=1S/C30H32FN7O2/c1-30(2,40)17-37-25-8-7-20(19-10-13-36(3)14-11-19)15-24(25)34-29(37)35-28(39)21-9-12-32-26(16-21)38-18-33-23-6-4-5-22(31)27(23)38/h4-9,12,15-16,18-19,40H,10-11,13-14,17H2,1-3H3,(H,34,35,39). The number of fused-ring (bicyclic) bond motifs is 2. The maximum atomic E-state index is 14.6. The quantitative estimate of drug-likeness (QED) is 0.348. The minimum Gasteiger partial charge on any atom is -0.389 e. The van der Waals surface area contributed by atoms with E-state index in [-0.39, 0.29) is 12.1 Å². The molecule has 1 saturated heterocycles. The monoisotopic (exact) mass is 541 g/mol. The minimum atomic E-state index is -1.03. The number of halogens is 1. The van der Waals surface area contributed by atoms with Crippen LogP contribution < -0.4 is 5.62 Å². The van der Waals surface area contributed by atoms with Crippen LogP contribution in [0.1, 0.15) is 48.5 Å². The Bertz CT molecular complexity index is 1790. The largest absolute Gasteiger partial charge is 0.389 e. The number of piperidine rings is 1. The Labute approximate surface area is 230 Å². The van der Waals surface area contributed by atoms with Gasteiger partial charge in [-0.15, -0.1) is 0 Å². The van der Waals surface area contributed by atoms with E-state index in [9.17, 15) is 14.3 Å². The first-order chi connectivity index (χ1) is 19.2. The van der Waals surface area contributed by atoms with E-state index in [0.717, 1.165) is 37.0 Å². The number of pyridine rings is 1. The molecule has 0 bridgehead atoms. The first-order valence-corrected chi connectivity index (χ1v) is 13.5. The highest BCUT2D eigenvalue weighted by Crippen LogP contribution is 2.29. The summed E-state index contributed by atoms with van der Waals surface area (Å²) < 4.78 is 17.9. The highest BCUT2D eigenvalue weighted by molar-refractivity contribution is 5.95. The molecule has 5 aromatic rings. The van der Waals surface area contributed by atoms with Crippen LogP contribution in [0.2, 0.25) is 0 Å². The summed E-state index contributed by atoms with van der Waals surface area (Å²) in [5.41, 5.74) is 3.38. The number of imidazole rings is 2. The molecule has 0 radical (unpaired) electrons. The van der Waals surface area contributed by atoms with Crippen LogP contribution in [-0.4, -0.2) is 65.7 Å². The van der Waals surface area contributed by atoms with Crippen molar-refractivity contribution in [2.24, 2.45) is 4.99 Å². The zero-order valence-electron chi connectivity index (χ0n) is 22.8. The van der Waals surface area contributed by atoms with Gasteiger partial charge >= 0.3 is 0 Å². The lowest BCUT2D eigenvalue weighted by atomic mass is 9.89. The first-order valence-electron chi connectivity index (χ1n) is 13.5. The highest BCUT2D eigenvalue weighted by atomic mass is 19.1. The fraction of sp³-hybridized carbons (Fsp3) is 0.333. The topological polar surface area (TPSA) is 104 Å². The second kappa shape index (κ2) is 10.1. The summed E-state index contributed by atoms with van der Waals surface area (Å²) in [6.45, 7) is 5.82. The third-order valence-electron chi connectivity index (χ3n) is 7.51. The van der Waals surface area contributed by atoms with Crippen molar-refractivity contribution < 1.29 is 14.3 Å². The number of para-hydroxylation sites is 1.